The van der Waals surface area contributed by atoms with Crippen molar-refractivity contribution >= 4 is 5.97 Å². The predicted octanol–water partition coefficient (Wildman–Crippen LogP) is 2.54. The molecule has 0 aliphatic heterocycles. The summed E-state index contributed by atoms with van der Waals surface area (Å²) < 4.78 is 5.12. The van der Waals surface area contributed by atoms with Gasteiger partial charge in [-0.25, -0.2) is 0 Å². The Morgan fingerprint density at radius 1 is 1.50 bits per heavy atom. The van der Waals surface area contributed by atoms with E-state index in [2.05, 4.69) is 6.58 Å². The van der Waals surface area contributed by atoms with Gasteiger partial charge in [0.25, 0.3) is 0 Å². The van der Waals surface area contributed by atoms with Crippen LogP contribution in [-0.4, -0.2) is 12.1 Å². The van der Waals surface area contributed by atoms with Crippen molar-refractivity contribution in [2.75, 3.05) is 0 Å². The summed E-state index contributed by atoms with van der Waals surface area (Å²) in [5.74, 6) is 0.0936. The molecular formula is C10H18O2. The molecule has 0 N–H and O–H groups in total. The molecule has 2 unspecified atom stereocenters. The quantitative estimate of drug-likeness (QED) is 0.478. The zero-order valence-corrected chi connectivity index (χ0v) is 8.39. The molecule has 0 bridgehead atoms. The van der Waals surface area contributed by atoms with Crippen LogP contribution in [0.25, 0.3) is 0 Å². The first kappa shape index (κ1) is 11.2. The topological polar surface area (TPSA) is 26.3 Å². The molecule has 0 saturated heterocycles. The standard InChI is InChI=1S/C10H18O2/c1-6-10(11)12-9(5)8(4)7(2)3/h8-9H,2,6H2,1,3-5H3. The van der Waals surface area contributed by atoms with E-state index < -0.39 is 0 Å². The Hall–Kier alpha value is -0.790. The smallest absolute Gasteiger partial charge is 0.305 e. The number of hydrogen-bond donors (Lipinski definition) is 0. The molecule has 0 radical (unpaired) electrons. The van der Waals surface area contributed by atoms with Crippen LogP contribution in [0.4, 0.5) is 0 Å². The lowest BCUT2D eigenvalue weighted by Crippen LogP contribution is -2.22. The lowest BCUT2D eigenvalue weighted by molar-refractivity contribution is -0.149. The second-order valence-electron chi connectivity index (χ2n) is 3.18. The summed E-state index contributed by atoms with van der Waals surface area (Å²) in [5.41, 5.74) is 1.05. The molecule has 0 aromatic carbocycles. The molecule has 0 heterocycles. The van der Waals surface area contributed by atoms with E-state index in [1.807, 2.05) is 20.8 Å². The van der Waals surface area contributed by atoms with Gasteiger partial charge in [0.2, 0.25) is 0 Å². The third-order valence-corrected chi connectivity index (χ3v) is 2.09. The minimum atomic E-state index is -0.143. The van der Waals surface area contributed by atoms with E-state index in [9.17, 15) is 4.79 Å². The van der Waals surface area contributed by atoms with Gasteiger partial charge in [0.1, 0.15) is 6.10 Å². The minimum absolute atomic E-state index is 0.0602. The van der Waals surface area contributed by atoms with Crippen molar-refractivity contribution in [3.8, 4) is 0 Å². The molecule has 0 amide bonds. The maximum Gasteiger partial charge on any atom is 0.305 e. The van der Waals surface area contributed by atoms with Crippen LogP contribution in [0, 0.1) is 5.92 Å². The summed E-state index contributed by atoms with van der Waals surface area (Å²) in [4.78, 5) is 10.9. The Morgan fingerprint density at radius 2 is 2.00 bits per heavy atom. The van der Waals surface area contributed by atoms with Gasteiger partial charge in [-0.1, -0.05) is 26.0 Å². The van der Waals surface area contributed by atoms with Crippen molar-refractivity contribution in [3.05, 3.63) is 12.2 Å². The van der Waals surface area contributed by atoms with Crippen LogP contribution in [0.1, 0.15) is 34.1 Å². The highest BCUT2D eigenvalue weighted by Gasteiger charge is 2.15. The van der Waals surface area contributed by atoms with Gasteiger partial charge >= 0.3 is 5.97 Å². The van der Waals surface area contributed by atoms with Crippen molar-refractivity contribution in [2.24, 2.45) is 5.92 Å². The lowest BCUT2D eigenvalue weighted by Gasteiger charge is -2.20. The van der Waals surface area contributed by atoms with E-state index in [1.165, 1.54) is 0 Å². The van der Waals surface area contributed by atoms with Crippen LogP contribution in [0.5, 0.6) is 0 Å². The Bertz CT molecular complexity index is 173. The lowest BCUT2D eigenvalue weighted by atomic mass is 9.99. The number of ether oxygens (including phenoxy) is 1. The van der Waals surface area contributed by atoms with Crippen LogP contribution in [0.15, 0.2) is 12.2 Å². The van der Waals surface area contributed by atoms with Gasteiger partial charge in [-0.05, 0) is 13.8 Å². The molecule has 0 fully saturated rings. The third kappa shape index (κ3) is 3.56. The van der Waals surface area contributed by atoms with E-state index in [1.54, 1.807) is 6.92 Å². The fraction of sp³-hybridized carbons (Fsp3) is 0.700. The Labute approximate surface area is 74.6 Å². The molecule has 0 saturated carbocycles. The molecule has 2 atom stereocenters. The molecule has 0 spiro atoms. The zero-order chi connectivity index (χ0) is 9.72. The van der Waals surface area contributed by atoms with Crippen LogP contribution < -0.4 is 0 Å². The van der Waals surface area contributed by atoms with Crippen molar-refractivity contribution in [2.45, 2.75) is 40.2 Å². The highest BCUT2D eigenvalue weighted by Crippen LogP contribution is 2.15. The van der Waals surface area contributed by atoms with Crippen LogP contribution >= 0.6 is 0 Å². The second-order valence-corrected chi connectivity index (χ2v) is 3.18. The van der Waals surface area contributed by atoms with Gasteiger partial charge in [-0.3, -0.25) is 4.79 Å². The third-order valence-electron chi connectivity index (χ3n) is 2.09. The van der Waals surface area contributed by atoms with Gasteiger partial charge in [0, 0.05) is 12.3 Å². The maximum absolute atomic E-state index is 10.9. The van der Waals surface area contributed by atoms with E-state index in [0.29, 0.717) is 6.42 Å². The highest BCUT2D eigenvalue weighted by atomic mass is 16.5. The van der Waals surface area contributed by atoms with Gasteiger partial charge in [-0.15, -0.1) is 0 Å². The SMILES string of the molecule is C=C(C)C(C)C(C)OC(=O)CC. The first-order valence-corrected chi connectivity index (χ1v) is 4.33. The van der Waals surface area contributed by atoms with E-state index in [-0.39, 0.29) is 18.0 Å². The molecule has 0 rings (SSSR count). The molecule has 0 aliphatic rings. The molecular weight excluding hydrogens is 152 g/mol. The molecule has 70 valence electrons. The van der Waals surface area contributed by atoms with Crippen LogP contribution in [0.2, 0.25) is 0 Å². The van der Waals surface area contributed by atoms with Gasteiger partial charge in [0.15, 0.2) is 0 Å². The van der Waals surface area contributed by atoms with Crippen molar-refractivity contribution in [1.82, 2.24) is 0 Å². The van der Waals surface area contributed by atoms with E-state index in [4.69, 9.17) is 4.74 Å². The number of carbonyl (C=O) groups excluding carboxylic acids is 1. The number of rotatable bonds is 4. The summed E-state index contributed by atoms with van der Waals surface area (Å²) in [6.45, 7) is 11.5. The fourth-order valence-corrected chi connectivity index (χ4v) is 0.793. The Morgan fingerprint density at radius 3 is 2.33 bits per heavy atom. The normalized spacial score (nSPS) is 15.0. The number of hydrogen-bond acceptors (Lipinski definition) is 2. The average molecular weight is 170 g/mol. The summed E-state index contributed by atoms with van der Waals surface area (Å²) in [5, 5.41) is 0. The van der Waals surface area contributed by atoms with Crippen molar-refractivity contribution in [1.29, 1.82) is 0 Å². The summed E-state index contributed by atoms with van der Waals surface area (Å²) in [6.07, 6.45) is 0.378. The predicted molar refractivity (Wildman–Crippen MR) is 49.8 cm³/mol. The van der Waals surface area contributed by atoms with E-state index in [0.717, 1.165) is 5.57 Å². The zero-order valence-electron chi connectivity index (χ0n) is 8.39. The van der Waals surface area contributed by atoms with Gasteiger partial charge < -0.3 is 4.74 Å². The van der Waals surface area contributed by atoms with Crippen molar-refractivity contribution in [3.63, 3.8) is 0 Å². The largest absolute Gasteiger partial charge is 0.462 e. The molecule has 0 aromatic heterocycles. The fourth-order valence-electron chi connectivity index (χ4n) is 0.793. The Balaban J connectivity index is 3.94. The van der Waals surface area contributed by atoms with Gasteiger partial charge in [-0.2, -0.15) is 0 Å². The van der Waals surface area contributed by atoms with E-state index >= 15 is 0 Å². The number of carbonyl (C=O) groups is 1. The molecule has 12 heavy (non-hydrogen) atoms. The highest BCUT2D eigenvalue weighted by molar-refractivity contribution is 5.69. The van der Waals surface area contributed by atoms with Crippen LogP contribution in [-0.2, 0) is 9.53 Å². The second kappa shape index (κ2) is 4.96. The summed E-state index contributed by atoms with van der Waals surface area (Å²) >= 11 is 0. The van der Waals surface area contributed by atoms with Gasteiger partial charge in [0.05, 0.1) is 0 Å². The Kier molecular flexibility index (Phi) is 4.64. The average Bonchev–Trinajstić information content (AvgIpc) is 2.02. The molecule has 0 aliphatic carbocycles. The first-order valence-electron chi connectivity index (χ1n) is 4.33. The molecule has 2 nitrogen and oxygen atoms in total. The molecule has 0 aromatic rings. The first-order chi connectivity index (χ1) is 5.49. The number of esters is 1. The minimum Gasteiger partial charge on any atom is -0.462 e. The summed E-state index contributed by atoms with van der Waals surface area (Å²) in [7, 11) is 0. The summed E-state index contributed by atoms with van der Waals surface area (Å²) in [6, 6.07) is 0. The van der Waals surface area contributed by atoms with Crippen LogP contribution in [0.3, 0.4) is 0 Å². The maximum atomic E-state index is 10.9. The monoisotopic (exact) mass is 170 g/mol. The molecule has 2 heteroatoms. The van der Waals surface area contributed by atoms with Crippen molar-refractivity contribution < 1.29 is 9.53 Å².